The Morgan fingerprint density at radius 2 is 1.09 bits per heavy atom. The lowest BCUT2D eigenvalue weighted by atomic mass is 9.95. The normalized spacial score (nSPS) is 11.2. The van der Waals surface area contributed by atoms with Gasteiger partial charge in [0.25, 0.3) is 0 Å². The summed E-state index contributed by atoms with van der Waals surface area (Å²) in [5.74, 6) is 1.55. The number of benzene rings is 1. The fourth-order valence-electron chi connectivity index (χ4n) is 3.10. The Morgan fingerprint density at radius 1 is 0.636 bits per heavy atom. The molecule has 0 N–H and O–H groups in total. The molecule has 0 spiro atoms. The van der Waals surface area contributed by atoms with Crippen molar-refractivity contribution >= 4 is 0 Å². The Kier molecular flexibility index (Phi) is 12.1. The van der Waals surface area contributed by atoms with Crippen LogP contribution in [0.4, 0.5) is 0 Å². The highest BCUT2D eigenvalue weighted by molar-refractivity contribution is 5.28. The van der Waals surface area contributed by atoms with Gasteiger partial charge in [0.05, 0.1) is 0 Å². The van der Waals surface area contributed by atoms with E-state index in [0.29, 0.717) is 0 Å². The minimum absolute atomic E-state index is 1.27. The molecule has 0 unspecified atom stereocenters. The molecule has 22 heavy (non-hydrogen) atoms. The molecule has 0 saturated heterocycles. The van der Waals surface area contributed by atoms with E-state index in [1.807, 2.05) is 0 Å². The summed E-state index contributed by atoms with van der Waals surface area (Å²) >= 11 is 0. The van der Waals surface area contributed by atoms with Crippen molar-refractivity contribution in [3.05, 3.63) is 41.8 Å². The second-order valence-electron chi connectivity index (χ2n) is 6.79. The van der Waals surface area contributed by atoms with Crippen LogP contribution in [0, 0.1) is 5.92 Å². The highest BCUT2D eigenvalue weighted by Gasteiger charge is 2.04. The van der Waals surface area contributed by atoms with Gasteiger partial charge in [-0.1, -0.05) is 121 Å². The molecule has 0 bridgehead atoms. The van der Waals surface area contributed by atoms with E-state index in [1.54, 1.807) is 5.92 Å². The molecule has 0 atom stereocenters. The van der Waals surface area contributed by atoms with Crippen molar-refractivity contribution < 1.29 is 0 Å². The molecular formula is C22H37. The lowest BCUT2D eigenvalue weighted by molar-refractivity contribution is 0.541. The van der Waals surface area contributed by atoms with Crippen molar-refractivity contribution in [3.63, 3.8) is 0 Å². The molecule has 1 aromatic carbocycles. The molecule has 0 fully saturated rings. The lowest BCUT2D eigenvalue weighted by Gasteiger charge is -2.10. The minimum atomic E-state index is 1.27. The Morgan fingerprint density at radius 3 is 1.59 bits per heavy atom. The van der Waals surface area contributed by atoms with Crippen LogP contribution in [0.5, 0.6) is 0 Å². The largest absolute Gasteiger partial charge is 0.0654 e. The maximum absolute atomic E-state index is 2.29. The van der Waals surface area contributed by atoms with E-state index >= 15 is 0 Å². The summed E-state index contributed by atoms with van der Waals surface area (Å²) in [7, 11) is 0. The van der Waals surface area contributed by atoms with Crippen LogP contribution in [0.1, 0.15) is 103 Å². The second kappa shape index (κ2) is 13.9. The van der Waals surface area contributed by atoms with E-state index in [4.69, 9.17) is 0 Å². The van der Waals surface area contributed by atoms with Gasteiger partial charge in [0.1, 0.15) is 0 Å². The Bertz CT molecular complexity index is 327. The van der Waals surface area contributed by atoms with Gasteiger partial charge in [-0.25, -0.2) is 0 Å². The van der Waals surface area contributed by atoms with Crippen LogP contribution in [0.2, 0.25) is 0 Å². The fourth-order valence-corrected chi connectivity index (χ4v) is 3.10. The van der Waals surface area contributed by atoms with Crippen molar-refractivity contribution in [3.8, 4) is 0 Å². The van der Waals surface area contributed by atoms with E-state index in [-0.39, 0.29) is 0 Å². The summed E-state index contributed by atoms with van der Waals surface area (Å²) in [6.07, 6.45) is 18.4. The van der Waals surface area contributed by atoms with Crippen molar-refractivity contribution in [1.82, 2.24) is 0 Å². The van der Waals surface area contributed by atoms with Crippen molar-refractivity contribution in [2.45, 2.75) is 97.3 Å². The molecule has 0 amide bonds. The number of rotatable bonds is 14. The predicted octanol–water partition coefficient (Wildman–Crippen LogP) is 7.72. The van der Waals surface area contributed by atoms with Gasteiger partial charge in [-0.3, -0.25) is 0 Å². The van der Waals surface area contributed by atoms with Crippen molar-refractivity contribution in [2.24, 2.45) is 0 Å². The molecule has 1 rings (SSSR count). The van der Waals surface area contributed by atoms with Gasteiger partial charge >= 0.3 is 0 Å². The molecule has 125 valence electrons. The van der Waals surface area contributed by atoms with Gasteiger partial charge in [-0.2, -0.15) is 0 Å². The zero-order valence-corrected chi connectivity index (χ0v) is 15.1. The lowest BCUT2D eigenvalue weighted by Crippen LogP contribution is -1.94. The summed E-state index contributed by atoms with van der Waals surface area (Å²) in [6.45, 7) is 4.58. The summed E-state index contributed by atoms with van der Waals surface area (Å²) in [5, 5.41) is 0. The SMILES string of the molecule is CCCCCCCCCCCCCC[C](C)c1ccccc1. The first-order valence-corrected chi connectivity index (χ1v) is 9.72. The number of hydrogen-bond acceptors (Lipinski definition) is 0. The smallest absolute Gasteiger partial charge is 0.00189 e. The van der Waals surface area contributed by atoms with Crippen LogP contribution < -0.4 is 0 Å². The first-order valence-electron chi connectivity index (χ1n) is 9.72. The van der Waals surface area contributed by atoms with Crippen LogP contribution in [0.3, 0.4) is 0 Å². The third-order valence-corrected chi connectivity index (χ3v) is 4.67. The minimum Gasteiger partial charge on any atom is -0.0654 e. The number of unbranched alkanes of at least 4 members (excludes halogenated alkanes) is 11. The van der Waals surface area contributed by atoms with Gasteiger partial charge in [-0.15, -0.1) is 0 Å². The van der Waals surface area contributed by atoms with Gasteiger partial charge in [-0.05, 0) is 12.0 Å². The molecule has 0 heterocycles. The molecule has 0 aromatic heterocycles. The molecule has 0 heteroatoms. The van der Waals surface area contributed by atoms with Gasteiger partial charge < -0.3 is 0 Å². The predicted molar refractivity (Wildman–Crippen MR) is 100 cm³/mol. The van der Waals surface area contributed by atoms with Gasteiger partial charge in [0.2, 0.25) is 0 Å². The highest BCUT2D eigenvalue weighted by atomic mass is 14.1. The topological polar surface area (TPSA) is 0 Å². The first-order chi connectivity index (χ1) is 10.8. The van der Waals surface area contributed by atoms with Crippen LogP contribution >= 0.6 is 0 Å². The zero-order valence-electron chi connectivity index (χ0n) is 15.1. The van der Waals surface area contributed by atoms with E-state index in [0.717, 1.165) is 0 Å². The summed E-state index contributed by atoms with van der Waals surface area (Å²) < 4.78 is 0. The van der Waals surface area contributed by atoms with E-state index < -0.39 is 0 Å². The molecule has 1 radical (unpaired) electrons. The molecule has 0 aliphatic heterocycles. The second-order valence-corrected chi connectivity index (χ2v) is 6.79. The first kappa shape index (κ1) is 19.3. The number of hydrogen-bond donors (Lipinski definition) is 0. The molecule has 0 nitrogen and oxygen atoms in total. The quantitative estimate of drug-likeness (QED) is 0.308. The molecule has 0 saturated carbocycles. The summed E-state index contributed by atoms with van der Waals surface area (Å²) in [5.41, 5.74) is 1.42. The molecule has 0 aliphatic rings. The van der Waals surface area contributed by atoms with Crippen LogP contribution in [0.25, 0.3) is 0 Å². The maximum atomic E-state index is 2.29. The Labute approximate surface area is 139 Å². The van der Waals surface area contributed by atoms with Crippen molar-refractivity contribution in [2.75, 3.05) is 0 Å². The maximum Gasteiger partial charge on any atom is 0.00189 e. The molecule has 0 aliphatic carbocycles. The fraction of sp³-hybridized carbons (Fsp3) is 0.682. The van der Waals surface area contributed by atoms with E-state index in [9.17, 15) is 0 Å². The van der Waals surface area contributed by atoms with Gasteiger partial charge in [0.15, 0.2) is 0 Å². The van der Waals surface area contributed by atoms with Crippen LogP contribution in [-0.4, -0.2) is 0 Å². The van der Waals surface area contributed by atoms with Crippen LogP contribution in [-0.2, 0) is 0 Å². The average Bonchev–Trinajstić information content (AvgIpc) is 2.56. The molecule has 1 aromatic rings. The average molecular weight is 302 g/mol. The van der Waals surface area contributed by atoms with Crippen LogP contribution in [0.15, 0.2) is 30.3 Å². The zero-order chi connectivity index (χ0) is 15.9. The third kappa shape index (κ3) is 10.0. The summed E-state index contributed by atoms with van der Waals surface area (Å²) in [4.78, 5) is 0. The highest BCUT2D eigenvalue weighted by Crippen LogP contribution is 2.21. The molecular weight excluding hydrogens is 264 g/mol. The van der Waals surface area contributed by atoms with Gasteiger partial charge in [0, 0.05) is 5.92 Å². The summed E-state index contributed by atoms with van der Waals surface area (Å²) in [6, 6.07) is 10.8. The van der Waals surface area contributed by atoms with Crippen molar-refractivity contribution in [1.29, 1.82) is 0 Å². The Balaban J connectivity index is 1.84. The van der Waals surface area contributed by atoms with E-state index in [1.165, 1.54) is 89.0 Å². The van der Waals surface area contributed by atoms with E-state index in [2.05, 4.69) is 44.2 Å². The monoisotopic (exact) mass is 301 g/mol. The Hall–Kier alpha value is -0.780. The standard InChI is InChI=1S/C22H37/c1-3-4-5-6-7-8-9-10-11-12-13-15-18-21(2)22-19-16-14-17-20-22/h14,16-17,19-20H,3-13,15,18H2,1-2H3. The third-order valence-electron chi connectivity index (χ3n) is 4.67.